The first-order valence-electron chi connectivity index (χ1n) is 17.0. The quantitative estimate of drug-likeness (QED) is 0.167. The summed E-state index contributed by atoms with van der Waals surface area (Å²) in [4.78, 5) is 26.4. The van der Waals surface area contributed by atoms with E-state index in [-0.39, 0.29) is 0 Å². The number of hydrogen-bond donors (Lipinski definition) is 3. The highest BCUT2D eigenvalue weighted by atomic mass is 15.0. The maximum atomic E-state index is 5.18. The Morgan fingerprint density at radius 1 is 0.275 bits per heavy atom. The zero-order chi connectivity index (χ0) is 33.7. The Hall–Kier alpha value is -7.05. The van der Waals surface area contributed by atoms with Gasteiger partial charge in [0.15, 0.2) is 0 Å². The lowest BCUT2D eigenvalue weighted by atomic mass is 10.0. The lowest BCUT2D eigenvalue weighted by Gasteiger charge is -2.08. The van der Waals surface area contributed by atoms with E-state index >= 15 is 0 Å². The fourth-order valence-electron chi connectivity index (χ4n) is 7.16. The van der Waals surface area contributed by atoms with Crippen molar-refractivity contribution in [2.45, 2.75) is 0 Å². The second-order valence-corrected chi connectivity index (χ2v) is 12.7. The predicted octanol–water partition coefficient (Wildman–Crippen LogP) is 11.3. The number of aromatic amines is 3. The van der Waals surface area contributed by atoms with Crippen LogP contribution in [0.25, 0.3) is 101 Å². The van der Waals surface area contributed by atoms with E-state index in [1.54, 1.807) is 0 Å². The third-order valence-corrected chi connectivity index (χ3v) is 9.61. The molecular formula is C45H30N6. The standard InChI is InChI=1S/C45H30N6/c1-4-13-28(14-5-1)32-19-10-22-37-40(32)49-43(46-37)31-25-26-35(44-47-38-23-11-20-33(41(38)50-44)29-15-6-2-7-16-29)36(27-31)45-48-39-24-12-21-34(42(39)51-45)30-17-8-3-9-18-30/h1-27H,(H,46,49)(H,47,50)(H,48,51). The number of hydrogen-bond acceptors (Lipinski definition) is 3. The molecule has 0 aliphatic carbocycles. The van der Waals surface area contributed by atoms with Crippen molar-refractivity contribution in [3.05, 3.63) is 164 Å². The minimum Gasteiger partial charge on any atom is -0.337 e. The molecule has 10 rings (SSSR count). The van der Waals surface area contributed by atoms with Crippen molar-refractivity contribution in [2.24, 2.45) is 0 Å². The number of para-hydroxylation sites is 3. The summed E-state index contributed by atoms with van der Waals surface area (Å²) >= 11 is 0. The topological polar surface area (TPSA) is 86.0 Å². The van der Waals surface area contributed by atoms with E-state index in [2.05, 4.69) is 161 Å². The summed E-state index contributed by atoms with van der Waals surface area (Å²) in [6.45, 7) is 0. The molecule has 0 unspecified atom stereocenters. The van der Waals surface area contributed by atoms with Crippen molar-refractivity contribution in [3.63, 3.8) is 0 Å². The molecule has 3 N–H and O–H groups in total. The van der Waals surface area contributed by atoms with Gasteiger partial charge in [-0.1, -0.05) is 133 Å². The van der Waals surface area contributed by atoms with E-state index in [9.17, 15) is 0 Å². The third-order valence-electron chi connectivity index (χ3n) is 9.61. The van der Waals surface area contributed by atoms with Crippen LogP contribution in [0.5, 0.6) is 0 Å². The van der Waals surface area contributed by atoms with E-state index < -0.39 is 0 Å². The van der Waals surface area contributed by atoms with Gasteiger partial charge < -0.3 is 15.0 Å². The van der Waals surface area contributed by atoms with Gasteiger partial charge in [0, 0.05) is 33.4 Å². The Morgan fingerprint density at radius 3 is 1.12 bits per heavy atom. The number of benzene rings is 7. The molecule has 51 heavy (non-hydrogen) atoms. The molecule has 10 aromatic rings. The average Bonchev–Trinajstić information content (AvgIpc) is 3.95. The number of imidazole rings is 3. The number of nitrogens with zero attached hydrogens (tertiary/aromatic N) is 3. The molecular weight excluding hydrogens is 625 g/mol. The largest absolute Gasteiger partial charge is 0.337 e. The van der Waals surface area contributed by atoms with Gasteiger partial charge in [0.05, 0.1) is 33.1 Å². The lowest BCUT2D eigenvalue weighted by molar-refractivity contribution is 1.29. The predicted molar refractivity (Wildman–Crippen MR) is 208 cm³/mol. The fourth-order valence-corrected chi connectivity index (χ4v) is 7.16. The van der Waals surface area contributed by atoms with Gasteiger partial charge in [-0.15, -0.1) is 0 Å². The van der Waals surface area contributed by atoms with Crippen LogP contribution < -0.4 is 0 Å². The van der Waals surface area contributed by atoms with Crippen LogP contribution >= 0.6 is 0 Å². The van der Waals surface area contributed by atoms with Crippen molar-refractivity contribution < 1.29 is 0 Å². The van der Waals surface area contributed by atoms with Gasteiger partial charge in [-0.25, -0.2) is 15.0 Å². The van der Waals surface area contributed by atoms with Crippen LogP contribution in [0.1, 0.15) is 0 Å². The lowest BCUT2D eigenvalue weighted by Crippen LogP contribution is -1.91. The van der Waals surface area contributed by atoms with Gasteiger partial charge in [-0.3, -0.25) is 0 Å². The minimum atomic E-state index is 0.759. The van der Waals surface area contributed by atoms with E-state index in [0.29, 0.717) is 0 Å². The fraction of sp³-hybridized carbons (Fsp3) is 0. The summed E-state index contributed by atoms with van der Waals surface area (Å²) < 4.78 is 0. The minimum absolute atomic E-state index is 0.759. The van der Waals surface area contributed by atoms with Crippen LogP contribution in [0.4, 0.5) is 0 Å². The van der Waals surface area contributed by atoms with Crippen LogP contribution in [-0.4, -0.2) is 29.9 Å². The Kier molecular flexibility index (Phi) is 6.70. The number of fused-ring (bicyclic) bond motifs is 3. The number of nitrogens with one attached hydrogen (secondary N) is 3. The van der Waals surface area contributed by atoms with E-state index in [0.717, 1.165) is 101 Å². The van der Waals surface area contributed by atoms with Gasteiger partial charge in [-0.2, -0.15) is 0 Å². The first-order valence-corrected chi connectivity index (χ1v) is 17.0. The highest BCUT2D eigenvalue weighted by Gasteiger charge is 2.20. The monoisotopic (exact) mass is 654 g/mol. The summed E-state index contributed by atoms with van der Waals surface area (Å²) in [7, 11) is 0. The van der Waals surface area contributed by atoms with Gasteiger partial charge >= 0.3 is 0 Å². The second-order valence-electron chi connectivity index (χ2n) is 12.7. The van der Waals surface area contributed by atoms with E-state index in [4.69, 9.17) is 15.0 Å². The molecule has 0 aliphatic rings. The zero-order valence-corrected chi connectivity index (χ0v) is 27.4. The zero-order valence-electron chi connectivity index (χ0n) is 27.4. The summed E-state index contributed by atoms with van der Waals surface area (Å²) in [6.07, 6.45) is 0. The summed E-state index contributed by atoms with van der Waals surface area (Å²) in [5.74, 6) is 2.32. The van der Waals surface area contributed by atoms with Crippen molar-refractivity contribution in [2.75, 3.05) is 0 Å². The van der Waals surface area contributed by atoms with Crippen molar-refractivity contribution in [3.8, 4) is 67.5 Å². The maximum absolute atomic E-state index is 5.18. The molecule has 0 amide bonds. The normalized spacial score (nSPS) is 11.5. The number of aromatic nitrogens is 6. The number of rotatable bonds is 6. The van der Waals surface area contributed by atoms with Crippen LogP contribution in [-0.2, 0) is 0 Å². The van der Waals surface area contributed by atoms with Crippen molar-refractivity contribution in [1.82, 2.24) is 29.9 Å². The maximum Gasteiger partial charge on any atom is 0.139 e. The molecule has 3 heterocycles. The van der Waals surface area contributed by atoms with Gasteiger partial charge in [0.2, 0.25) is 0 Å². The molecule has 6 heteroatoms. The highest BCUT2D eigenvalue weighted by molar-refractivity contribution is 5.98. The highest BCUT2D eigenvalue weighted by Crippen LogP contribution is 2.38. The molecule has 6 nitrogen and oxygen atoms in total. The molecule has 0 bridgehead atoms. The molecule has 3 aromatic heterocycles. The van der Waals surface area contributed by atoms with Crippen LogP contribution in [0.15, 0.2) is 164 Å². The first kappa shape index (κ1) is 28.9. The molecule has 0 saturated heterocycles. The first-order chi connectivity index (χ1) is 25.3. The van der Waals surface area contributed by atoms with Crippen LogP contribution in [0, 0.1) is 0 Å². The molecule has 0 fully saturated rings. The number of H-pyrrole nitrogens is 3. The Bertz CT molecular complexity index is 2850. The molecule has 0 saturated carbocycles. The van der Waals surface area contributed by atoms with Crippen molar-refractivity contribution >= 4 is 33.1 Å². The van der Waals surface area contributed by atoms with Gasteiger partial charge in [0.1, 0.15) is 17.5 Å². The summed E-state index contributed by atoms with van der Waals surface area (Å²) in [5.41, 5.74) is 15.3. The van der Waals surface area contributed by atoms with E-state index in [1.807, 2.05) is 18.2 Å². The van der Waals surface area contributed by atoms with Crippen LogP contribution in [0.2, 0.25) is 0 Å². The molecule has 7 aromatic carbocycles. The SMILES string of the molecule is c1ccc(-c2cccc3nc(-c4ccc(-c5nc6cccc(-c7ccccc7)c6[nH]5)c(-c5nc6cccc(-c7ccccc7)c6[nH]5)c4)[nH]c23)cc1. The molecule has 0 atom stereocenters. The van der Waals surface area contributed by atoms with Crippen molar-refractivity contribution in [1.29, 1.82) is 0 Å². The van der Waals surface area contributed by atoms with Gasteiger partial charge in [-0.05, 0) is 47.0 Å². The summed E-state index contributed by atoms with van der Waals surface area (Å²) in [5, 5.41) is 0. The second kappa shape index (κ2) is 11.8. The molecule has 0 spiro atoms. The average molecular weight is 655 g/mol. The Labute approximate surface area is 293 Å². The smallest absolute Gasteiger partial charge is 0.139 e. The van der Waals surface area contributed by atoms with Gasteiger partial charge in [0.25, 0.3) is 0 Å². The molecule has 0 radical (unpaired) electrons. The molecule has 240 valence electrons. The third kappa shape index (κ3) is 5.01. The van der Waals surface area contributed by atoms with E-state index in [1.165, 1.54) is 0 Å². The van der Waals surface area contributed by atoms with Crippen LogP contribution in [0.3, 0.4) is 0 Å². The Balaban J connectivity index is 1.17. The summed E-state index contributed by atoms with van der Waals surface area (Å²) in [6, 6.07) is 56.5. The molecule has 0 aliphatic heterocycles. The Morgan fingerprint density at radius 2 is 0.667 bits per heavy atom.